The molecule has 0 aliphatic rings. The summed E-state index contributed by atoms with van der Waals surface area (Å²) < 4.78 is 2.55. The van der Waals surface area contributed by atoms with Crippen LogP contribution in [0.3, 0.4) is 0 Å². The Balaban J connectivity index is 3.08. The molecule has 0 aromatic carbocycles. The van der Waals surface area contributed by atoms with Crippen LogP contribution in [0.2, 0.25) is 0 Å². The molecule has 2 aromatic heterocycles. The van der Waals surface area contributed by atoms with Crippen molar-refractivity contribution in [3.63, 3.8) is 0 Å². The number of aryl methyl sites for hydroxylation is 1. The molecule has 2 aromatic rings. The Hall–Kier alpha value is -1.16. The van der Waals surface area contributed by atoms with Crippen molar-refractivity contribution < 1.29 is 0 Å². The van der Waals surface area contributed by atoms with Crippen molar-refractivity contribution in [1.82, 2.24) is 14.6 Å². The second-order valence-electron chi connectivity index (χ2n) is 2.39. The van der Waals surface area contributed by atoms with Crippen LogP contribution >= 0.6 is 12.2 Å². The van der Waals surface area contributed by atoms with E-state index in [1.165, 1.54) is 0 Å². The van der Waals surface area contributed by atoms with Crippen LogP contribution in [0.15, 0.2) is 18.2 Å². The molecule has 2 rings (SSSR count). The van der Waals surface area contributed by atoms with Crippen LogP contribution in [-0.2, 0) is 0 Å². The third-order valence-corrected chi connectivity index (χ3v) is 1.91. The third kappa shape index (κ3) is 0.867. The van der Waals surface area contributed by atoms with E-state index in [1.54, 1.807) is 0 Å². The molecule has 11 heavy (non-hydrogen) atoms. The van der Waals surface area contributed by atoms with Gasteiger partial charge in [0.05, 0.1) is 0 Å². The number of hydrogen-bond acceptors (Lipinski definition) is 2. The van der Waals surface area contributed by atoms with Gasteiger partial charge in [-0.1, -0.05) is 6.07 Å². The predicted octanol–water partition coefficient (Wildman–Crippen LogP) is 1.70. The predicted molar refractivity (Wildman–Crippen MR) is 45.1 cm³/mol. The minimum Gasteiger partial charge on any atom is -0.273 e. The van der Waals surface area contributed by atoms with E-state index in [0.29, 0.717) is 4.77 Å². The van der Waals surface area contributed by atoms with Gasteiger partial charge in [0, 0.05) is 5.69 Å². The summed E-state index contributed by atoms with van der Waals surface area (Å²) >= 11 is 5.02. The lowest BCUT2D eigenvalue weighted by Gasteiger charge is -1.94. The molecule has 1 N–H and O–H groups in total. The van der Waals surface area contributed by atoms with Gasteiger partial charge < -0.3 is 0 Å². The number of pyridine rings is 1. The zero-order valence-corrected chi connectivity index (χ0v) is 6.85. The number of aromatic amines is 1. The summed E-state index contributed by atoms with van der Waals surface area (Å²) in [5.74, 6) is 0. The van der Waals surface area contributed by atoms with Gasteiger partial charge in [0.1, 0.15) is 0 Å². The zero-order valence-electron chi connectivity index (χ0n) is 6.03. The fraction of sp³-hybridized carbons (Fsp3) is 0.143. The van der Waals surface area contributed by atoms with E-state index in [-0.39, 0.29) is 0 Å². The summed E-state index contributed by atoms with van der Waals surface area (Å²) in [7, 11) is 0. The molecule has 4 heteroatoms. The minimum absolute atomic E-state index is 0.651. The quantitative estimate of drug-likeness (QED) is 0.603. The molecule has 0 aliphatic heterocycles. The number of aromatic nitrogens is 3. The van der Waals surface area contributed by atoms with Gasteiger partial charge in [0.15, 0.2) is 10.4 Å². The Labute approximate surface area is 68.7 Å². The molecule has 0 aliphatic carbocycles. The van der Waals surface area contributed by atoms with E-state index in [0.717, 1.165) is 11.3 Å². The molecule has 0 unspecified atom stereocenters. The molecule has 0 saturated carbocycles. The topological polar surface area (TPSA) is 33.1 Å². The van der Waals surface area contributed by atoms with Gasteiger partial charge in [-0.15, -0.1) is 0 Å². The van der Waals surface area contributed by atoms with E-state index in [9.17, 15) is 0 Å². The number of rotatable bonds is 0. The van der Waals surface area contributed by atoms with Crippen molar-refractivity contribution in [3.05, 3.63) is 28.7 Å². The van der Waals surface area contributed by atoms with Crippen molar-refractivity contribution >= 4 is 17.9 Å². The highest BCUT2D eigenvalue weighted by molar-refractivity contribution is 7.71. The number of fused-ring (bicyclic) bond motifs is 1. The summed E-state index contributed by atoms with van der Waals surface area (Å²) in [6.07, 6.45) is 0. The van der Waals surface area contributed by atoms with Gasteiger partial charge in [-0.3, -0.25) is 9.50 Å². The van der Waals surface area contributed by atoms with Crippen LogP contribution < -0.4 is 0 Å². The van der Waals surface area contributed by atoms with Crippen LogP contribution in [0.25, 0.3) is 5.65 Å². The van der Waals surface area contributed by atoms with Gasteiger partial charge >= 0.3 is 0 Å². The first-order valence-electron chi connectivity index (χ1n) is 3.32. The summed E-state index contributed by atoms with van der Waals surface area (Å²) in [5.41, 5.74) is 1.97. The Morgan fingerprint density at radius 3 is 3.09 bits per heavy atom. The number of nitrogens with zero attached hydrogens (tertiary/aromatic N) is 2. The maximum Gasteiger partial charge on any atom is 0.199 e. The first-order valence-corrected chi connectivity index (χ1v) is 3.72. The van der Waals surface area contributed by atoms with Crippen LogP contribution in [0.5, 0.6) is 0 Å². The van der Waals surface area contributed by atoms with Gasteiger partial charge in [-0.05, 0) is 31.3 Å². The fourth-order valence-corrected chi connectivity index (χ4v) is 1.39. The van der Waals surface area contributed by atoms with Crippen LogP contribution in [0, 0.1) is 11.7 Å². The molecule has 0 saturated heterocycles. The number of hydrogen-bond donors (Lipinski definition) is 1. The van der Waals surface area contributed by atoms with Crippen molar-refractivity contribution in [1.29, 1.82) is 0 Å². The fourth-order valence-electron chi connectivity index (χ4n) is 1.11. The van der Waals surface area contributed by atoms with Crippen molar-refractivity contribution in [2.24, 2.45) is 0 Å². The lowest BCUT2D eigenvalue weighted by Crippen LogP contribution is -1.88. The molecule has 3 nitrogen and oxygen atoms in total. The van der Waals surface area contributed by atoms with Gasteiger partial charge in [0.25, 0.3) is 0 Å². The second kappa shape index (κ2) is 2.17. The average Bonchev–Trinajstić information content (AvgIpc) is 2.34. The van der Waals surface area contributed by atoms with Crippen LogP contribution in [0.4, 0.5) is 0 Å². The number of H-pyrrole nitrogens is 1. The number of nitrogens with one attached hydrogen (secondary N) is 1. The Kier molecular flexibility index (Phi) is 1.29. The molecule has 56 valence electrons. The standard InChI is InChI=1S/C7H7N3S/c1-5-3-2-4-6-8-9-7(11)10(5)6/h2-4H,1H3,(H,9,11). The first-order chi connectivity index (χ1) is 5.29. The lowest BCUT2D eigenvalue weighted by molar-refractivity contribution is 1.04. The maximum absolute atomic E-state index is 5.02. The van der Waals surface area contributed by atoms with E-state index in [2.05, 4.69) is 10.2 Å². The highest BCUT2D eigenvalue weighted by atomic mass is 32.1. The SMILES string of the molecule is Cc1cccc2n[nH]c(=S)n12. The van der Waals surface area contributed by atoms with E-state index < -0.39 is 0 Å². The van der Waals surface area contributed by atoms with Crippen molar-refractivity contribution in [2.75, 3.05) is 0 Å². The van der Waals surface area contributed by atoms with Crippen molar-refractivity contribution in [2.45, 2.75) is 6.92 Å². The van der Waals surface area contributed by atoms with Gasteiger partial charge in [-0.2, -0.15) is 5.10 Å². The summed E-state index contributed by atoms with van der Waals surface area (Å²) in [6.45, 7) is 2.00. The van der Waals surface area contributed by atoms with Crippen LogP contribution in [0.1, 0.15) is 5.69 Å². The Bertz CT molecular complexity index is 440. The Morgan fingerprint density at radius 1 is 1.55 bits per heavy atom. The molecule has 0 radical (unpaired) electrons. The maximum atomic E-state index is 5.02. The molecule has 0 bridgehead atoms. The van der Waals surface area contributed by atoms with Gasteiger partial charge in [0.2, 0.25) is 0 Å². The Morgan fingerprint density at radius 2 is 2.36 bits per heavy atom. The van der Waals surface area contributed by atoms with Crippen LogP contribution in [-0.4, -0.2) is 14.6 Å². The van der Waals surface area contributed by atoms with Gasteiger partial charge in [-0.25, -0.2) is 0 Å². The third-order valence-electron chi connectivity index (χ3n) is 1.63. The monoisotopic (exact) mass is 165 g/mol. The van der Waals surface area contributed by atoms with Crippen molar-refractivity contribution in [3.8, 4) is 0 Å². The average molecular weight is 165 g/mol. The molecule has 0 fully saturated rings. The highest BCUT2D eigenvalue weighted by Crippen LogP contribution is 2.03. The normalized spacial score (nSPS) is 10.6. The van der Waals surface area contributed by atoms with E-state index in [4.69, 9.17) is 12.2 Å². The van der Waals surface area contributed by atoms with E-state index >= 15 is 0 Å². The molecular weight excluding hydrogens is 158 g/mol. The molecular formula is C7H7N3S. The summed E-state index contributed by atoms with van der Waals surface area (Å²) in [5, 5.41) is 6.76. The lowest BCUT2D eigenvalue weighted by atomic mass is 10.4. The zero-order chi connectivity index (χ0) is 7.84. The molecule has 0 atom stereocenters. The smallest absolute Gasteiger partial charge is 0.199 e. The summed E-state index contributed by atoms with van der Waals surface area (Å²) in [4.78, 5) is 0. The summed E-state index contributed by atoms with van der Waals surface area (Å²) in [6, 6.07) is 5.87. The first kappa shape index (κ1) is 6.54. The highest BCUT2D eigenvalue weighted by Gasteiger charge is 1.96. The molecule has 0 spiro atoms. The second-order valence-corrected chi connectivity index (χ2v) is 2.78. The molecule has 0 amide bonds. The molecule has 2 heterocycles. The largest absolute Gasteiger partial charge is 0.273 e. The minimum atomic E-state index is 0.651. The van der Waals surface area contributed by atoms with E-state index in [1.807, 2.05) is 29.5 Å².